The van der Waals surface area contributed by atoms with Gasteiger partial charge >= 0.3 is 0 Å². The lowest BCUT2D eigenvalue weighted by Gasteiger charge is -2.33. The van der Waals surface area contributed by atoms with Crippen molar-refractivity contribution < 1.29 is 9.21 Å². The van der Waals surface area contributed by atoms with Crippen molar-refractivity contribution in [2.24, 2.45) is 0 Å². The van der Waals surface area contributed by atoms with E-state index in [2.05, 4.69) is 22.5 Å². The first-order valence-electron chi connectivity index (χ1n) is 8.18. The van der Waals surface area contributed by atoms with Crippen LogP contribution in [0.1, 0.15) is 12.7 Å². The monoisotopic (exact) mass is 383 g/mol. The smallest absolute Gasteiger partial charge is 0.234 e. The number of piperazine rings is 1. The van der Waals surface area contributed by atoms with E-state index in [9.17, 15) is 4.79 Å². The van der Waals surface area contributed by atoms with Gasteiger partial charge in [-0.3, -0.25) is 9.69 Å². The summed E-state index contributed by atoms with van der Waals surface area (Å²) in [4.78, 5) is 14.3. The Hall–Kier alpha value is -1.53. The van der Waals surface area contributed by atoms with Crippen molar-refractivity contribution in [3.8, 4) is 11.3 Å². The van der Waals surface area contributed by atoms with Gasteiger partial charge in [0.15, 0.2) is 0 Å². The van der Waals surface area contributed by atoms with E-state index in [1.807, 2.05) is 36.4 Å². The Balaban J connectivity index is 0.00000225. The van der Waals surface area contributed by atoms with Gasteiger partial charge in [0, 0.05) is 36.3 Å². The molecule has 7 heteroatoms. The molecule has 25 heavy (non-hydrogen) atoms. The van der Waals surface area contributed by atoms with Gasteiger partial charge in [-0.2, -0.15) is 0 Å². The van der Waals surface area contributed by atoms with Crippen molar-refractivity contribution in [2.45, 2.75) is 19.5 Å². The summed E-state index contributed by atoms with van der Waals surface area (Å²) in [6.45, 7) is 5.71. The van der Waals surface area contributed by atoms with Crippen molar-refractivity contribution in [1.82, 2.24) is 15.5 Å². The molecule has 136 valence electrons. The molecule has 0 bridgehead atoms. The number of halogens is 2. The lowest BCUT2D eigenvalue weighted by molar-refractivity contribution is -0.123. The molecular formula is C18H23Cl2N3O2. The average Bonchev–Trinajstić information content (AvgIpc) is 3.05. The fourth-order valence-corrected chi connectivity index (χ4v) is 2.91. The van der Waals surface area contributed by atoms with Gasteiger partial charge < -0.3 is 15.1 Å². The molecule has 2 heterocycles. The summed E-state index contributed by atoms with van der Waals surface area (Å²) in [5.41, 5.74) is 0.964. The number of furan rings is 1. The van der Waals surface area contributed by atoms with Gasteiger partial charge in [0.05, 0.1) is 13.1 Å². The quantitative estimate of drug-likeness (QED) is 0.833. The van der Waals surface area contributed by atoms with Crippen molar-refractivity contribution >= 4 is 29.9 Å². The number of rotatable bonds is 5. The minimum absolute atomic E-state index is 0. The van der Waals surface area contributed by atoms with Crippen molar-refractivity contribution in [3.63, 3.8) is 0 Å². The Labute approximate surface area is 159 Å². The summed E-state index contributed by atoms with van der Waals surface area (Å²) >= 11 is 5.89. The zero-order valence-electron chi connectivity index (χ0n) is 14.1. The van der Waals surface area contributed by atoms with E-state index in [1.54, 1.807) is 0 Å². The van der Waals surface area contributed by atoms with Crippen molar-refractivity contribution in [2.75, 3.05) is 26.2 Å². The van der Waals surface area contributed by atoms with Gasteiger partial charge in [-0.15, -0.1) is 12.4 Å². The molecule has 0 radical (unpaired) electrons. The molecule has 1 aromatic carbocycles. The van der Waals surface area contributed by atoms with Crippen LogP contribution in [0.25, 0.3) is 11.3 Å². The molecule has 2 N–H and O–H groups in total. The topological polar surface area (TPSA) is 57.5 Å². The van der Waals surface area contributed by atoms with E-state index in [-0.39, 0.29) is 18.3 Å². The lowest BCUT2D eigenvalue weighted by atomic mass is 10.2. The molecular weight excluding hydrogens is 361 g/mol. The maximum atomic E-state index is 12.1. The van der Waals surface area contributed by atoms with Gasteiger partial charge in [0.25, 0.3) is 0 Å². The molecule has 5 nitrogen and oxygen atoms in total. The van der Waals surface area contributed by atoms with Crippen LogP contribution in [0.5, 0.6) is 0 Å². The molecule has 3 rings (SSSR count). The van der Waals surface area contributed by atoms with Crippen LogP contribution >= 0.6 is 24.0 Å². The van der Waals surface area contributed by atoms with Gasteiger partial charge in [-0.1, -0.05) is 11.6 Å². The van der Waals surface area contributed by atoms with Gasteiger partial charge in [-0.25, -0.2) is 0 Å². The average molecular weight is 384 g/mol. The van der Waals surface area contributed by atoms with Crippen LogP contribution in [0.15, 0.2) is 40.8 Å². The highest BCUT2D eigenvalue weighted by Crippen LogP contribution is 2.23. The Morgan fingerprint density at radius 1 is 1.32 bits per heavy atom. The Morgan fingerprint density at radius 2 is 2.08 bits per heavy atom. The third kappa shape index (κ3) is 5.47. The number of hydrogen-bond donors (Lipinski definition) is 2. The number of nitrogens with zero attached hydrogens (tertiary/aromatic N) is 1. The highest BCUT2D eigenvalue weighted by atomic mass is 35.5. The maximum absolute atomic E-state index is 12.1. The van der Waals surface area contributed by atoms with Crippen LogP contribution in [0.2, 0.25) is 5.02 Å². The molecule has 1 aromatic heterocycles. The number of hydrogen-bond acceptors (Lipinski definition) is 4. The Morgan fingerprint density at radius 3 is 2.80 bits per heavy atom. The van der Waals surface area contributed by atoms with Crippen LogP contribution in [-0.2, 0) is 11.3 Å². The number of carbonyl (C=O) groups is 1. The van der Waals surface area contributed by atoms with Gasteiger partial charge in [0.2, 0.25) is 5.91 Å². The third-order valence-electron chi connectivity index (χ3n) is 4.24. The number of amides is 1. The van der Waals surface area contributed by atoms with Crippen LogP contribution < -0.4 is 10.6 Å². The molecule has 1 amide bonds. The van der Waals surface area contributed by atoms with Crippen molar-refractivity contribution in [1.29, 1.82) is 0 Å². The summed E-state index contributed by atoms with van der Waals surface area (Å²) < 4.78 is 5.79. The Kier molecular flexibility index (Phi) is 7.32. The summed E-state index contributed by atoms with van der Waals surface area (Å²) in [6.07, 6.45) is 0. The number of benzene rings is 1. The van der Waals surface area contributed by atoms with Crippen LogP contribution in [-0.4, -0.2) is 43.0 Å². The van der Waals surface area contributed by atoms with E-state index in [1.165, 1.54) is 0 Å². The molecule has 0 unspecified atom stereocenters. The predicted molar refractivity (Wildman–Crippen MR) is 102 cm³/mol. The van der Waals surface area contributed by atoms with E-state index in [0.29, 0.717) is 24.2 Å². The summed E-state index contributed by atoms with van der Waals surface area (Å²) in [5, 5.41) is 6.94. The second kappa shape index (κ2) is 9.25. The minimum atomic E-state index is 0. The molecule has 0 spiro atoms. The van der Waals surface area contributed by atoms with Gasteiger partial charge in [0.1, 0.15) is 11.5 Å². The highest BCUT2D eigenvalue weighted by molar-refractivity contribution is 6.30. The standard InChI is InChI=1S/C18H22ClN3O2.ClH/c1-13-10-20-8-9-22(13)12-18(23)21-11-16-6-7-17(24-16)14-2-4-15(19)5-3-14;/h2-7,13,20H,8-12H2,1H3,(H,21,23);1H/t13-;/m0./s1. The minimum Gasteiger partial charge on any atom is -0.459 e. The fourth-order valence-electron chi connectivity index (χ4n) is 2.79. The zero-order chi connectivity index (χ0) is 16.9. The number of nitrogens with one attached hydrogen (secondary N) is 2. The highest BCUT2D eigenvalue weighted by Gasteiger charge is 2.20. The van der Waals surface area contributed by atoms with Crippen molar-refractivity contribution in [3.05, 3.63) is 47.2 Å². The second-order valence-electron chi connectivity index (χ2n) is 6.07. The maximum Gasteiger partial charge on any atom is 0.234 e. The van der Waals surface area contributed by atoms with E-state index >= 15 is 0 Å². The normalized spacial score (nSPS) is 17.8. The number of carbonyl (C=O) groups excluding carboxylic acids is 1. The van der Waals surface area contributed by atoms with Crippen LogP contribution in [0, 0.1) is 0 Å². The summed E-state index contributed by atoms with van der Waals surface area (Å²) in [5.74, 6) is 1.53. The predicted octanol–water partition coefficient (Wildman–Crippen LogP) is 2.93. The SMILES string of the molecule is C[C@H]1CNCCN1CC(=O)NCc1ccc(-c2ccc(Cl)cc2)o1.Cl. The molecule has 2 aromatic rings. The fraction of sp³-hybridized carbons (Fsp3) is 0.389. The molecule has 1 aliphatic heterocycles. The summed E-state index contributed by atoms with van der Waals surface area (Å²) in [7, 11) is 0. The molecule has 1 atom stereocenters. The van der Waals surface area contributed by atoms with E-state index in [0.717, 1.165) is 36.7 Å². The van der Waals surface area contributed by atoms with E-state index in [4.69, 9.17) is 16.0 Å². The first-order chi connectivity index (χ1) is 11.6. The molecule has 1 saturated heterocycles. The molecule has 1 fully saturated rings. The molecule has 0 aliphatic carbocycles. The second-order valence-corrected chi connectivity index (χ2v) is 6.51. The first-order valence-corrected chi connectivity index (χ1v) is 8.56. The van der Waals surface area contributed by atoms with Crippen LogP contribution in [0.4, 0.5) is 0 Å². The first kappa shape index (κ1) is 19.8. The lowest BCUT2D eigenvalue weighted by Crippen LogP contribution is -2.52. The van der Waals surface area contributed by atoms with Crippen LogP contribution in [0.3, 0.4) is 0 Å². The molecule has 1 aliphatic rings. The summed E-state index contributed by atoms with van der Waals surface area (Å²) in [6, 6.07) is 11.7. The van der Waals surface area contributed by atoms with Gasteiger partial charge in [-0.05, 0) is 43.3 Å². The Bertz CT molecular complexity index is 688. The van der Waals surface area contributed by atoms with E-state index < -0.39 is 0 Å². The zero-order valence-corrected chi connectivity index (χ0v) is 15.7. The molecule has 0 saturated carbocycles. The third-order valence-corrected chi connectivity index (χ3v) is 4.49. The largest absolute Gasteiger partial charge is 0.459 e.